The quantitative estimate of drug-likeness (QED) is 0.135. The lowest BCUT2D eigenvalue weighted by Gasteiger charge is -2.51. The Morgan fingerprint density at radius 2 is 1.45 bits per heavy atom. The van der Waals surface area contributed by atoms with E-state index in [0.717, 1.165) is 29.4 Å². The van der Waals surface area contributed by atoms with Crippen LogP contribution in [0.2, 0.25) is 5.02 Å². The predicted molar refractivity (Wildman–Crippen MR) is 217 cm³/mol. The fourth-order valence-corrected chi connectivity index (χ4v) is 10.6. The molecule has 3 saturated heterocycles. The highest BCUT2D eigenvalue weighted by Crippen LogP contribution is 2.65. The van der Waals surface area contributed by atoms with Crippen LogP contribution in [0.15, 0.2) is 121 Å². The van der Waals surface area contributed by atoms with Crippen molar-refractivity contribution in [2.45, 2.75) is 24.2 Å². The first-order valence-corrected chi connectivity index (χ1v) is 19.9. The van der Waals surface area contributed by atoms with Gasteiger partial charge >= 0.3 is 0 Å². The Balaban J connectivity index is 1.13. The van der Waals surface area contributed by atoms with Crippen molar-refractivity contribution >= 4 is 63.1 Å². The Labute approximate surface area is 338 Å². The van der Waals surface area contributed by atoms with Crippen LogP contribution in [0.25, 0.3) is 10.8 Å². The zero-order valence-corrected chi connectivity index (χ0v) is 31.9. The number of halogens is 2. The smallest absolute Gasteiger partial charge is 0.260 e. The Hall–Kier alpha value is -6.04. The Kier molecular flexibility index (Phi) is 8.65. The molecule has 5 aromatic carbocycles. The van der Waals surface area contributed by atoms with Crippen LogP contribution < -0.4 is 15.2 Å². The molecule has 3 heterocycles. The number of nitrogens with zero attached hydrogens (tertiary/aromatic N) is 3. The van der Waals surface area contributed by atoms with Crippen LogP contribution in [-0.2, 0) is 29.3 Å². The minimum absolute atomic E-state index is 0.0572. The number of imide groups is 2. The van der Waals surface area contributed by atoms with Crippen molar-refractivity contribution in [3.63, 3.8) is 0 Å². The molecular formula is C46H38ClFN4O6. The number of morpholine rings is 1. The fourth-order valence-electron chi connectivity index (χ4n) is 10.4. The number of amides is 4. The average molecular weight is 797 g/mol. The van der Waals surface area contributed by atoms with Gasteiger partial charge in [-0.1, -0.05) is 65.7 Å². The van der Waals surface area contributed by atoms with Gasteiger partial charge in [-0.3, -0.25) is 29.5 Å². The number of hydrogen-bond donors (Lipinski definition) is 2. The number of anilines is 3. The maximum atomic E-state index is 15.5. The number of rotatable bonds is 6. The molecule has 10 nitrogen and oxygen atoms in total. The van der Waals surface area contributed by atoms with Crippen LogP contribution in [0.5, 0.6) is 5.75 Å². The van der Waals surface area contributed by atoms with E-state index in [1.165, 1.54) is 29.2 Å². The molecule has 5 aliphatic rings. The van der Waals surface area contributed by atoms with E-state index in [4.69, 9.17) is 16.3 Å². The summed E-state index contributed by atoms with van der Waals surface area (Å²) in [6.45, 7) is 2.74. The van der Waals surface area contributed by atoms with Crippen LogP contribution in [0.3, 0.4) is 0 Å². The number of phenols is 1. The fraction of sp³-hybridized carbons (Fsp3) is 0.261. The summed E-state index contributed by atoms with van der Waals surface area (Å²) in [6.07, 6.45) is 2.38. The topological polar surface area (TPSA) is 119 Å². The number of benzene rings is 5. The molecule has 4 amide bonds. The monoisotopic (exact) mass is 796 g/mol. The summed E-state index contributed by atoms with van der Waals surface area (Å²) in [6, 6.07) is 30.5. The second-order valence-electron chi connectivity index (χ2n) is 15.7. The van der Waals surface area contributed by atoms with Gasteiger partial charge in [0.1, 0.15) is 11.6 Å². The lowest BCUT2D eigenvalue weighted by Crippen LogP contribution is -2.53. The van der Waals surface area contributed by atoms with Gasteiger partial charge in [0.25, 0.3) is 11.8 Å². The summed E-state index contributed by atoms with van der Waals surface area (Å²) in [7, 11) is 0. The molecule has 0 spiro atoms. The number of phenolic OH excluding ortho intramolecular Hbond substituents is 1. The molecule has 3 aliphatic heterocycles. The van der Waals surface area contributed by atoms with E-state index in [1.54, 1.807) is 42.5 Å². The van der Waals surface area contributed by atoms with Crippen LogP contribution in [0.1, 0.15) is 29.9 Å². The molecule has 58 heavy (non-hydrogen) atoms. The third-order valence-electron chi connectivity index (χ3n) is 13.0. The first kappa shape index (κ1) is 36.3. The van der Waals surface area contributed by atoms with E-state index >= 15 is 9.59 Å². The zero-order chi connectivity index (χ0) is 39.9. The number of aromatic hydroxyl groups is 1. The van der Waals surface area contributed by atoms with E-state index in [0.29, 0.717) is 51.5 Å². The van der Waals surface area contributed by atoms with Crippen molar-refractivity contribution in [1.82, 2.24) is 5.01 Å². The molecule has 0 aromatic heterocycles. The summed E-state index contributed by atoms with van der Waals surface area (Å²) in [5, 5.41) is 13.8. The number of allylic oxidation sites excluding steroid dienone is 2. The molecule has 0 bridgehead atoms. The van der Waals surface area contributed by atoms with E-state index < -0.39 is 52.6 Å². The SMILES string of the molecule is O=C1[C@@H]2C[C@@H]3C(=CC[C@@H]4C(=O)N(c5ccc(N6CCOCC6)cc5)C(=O)[C@@H]43)[C@H](c3ccc(O)c4ccccc34)[C@]2(c2ccc(Cl)cc2)C(=O)N1Nc1ccc(F)cc1. The van der Waals surface area contributed by atoms with Crippen molar-refractivity contribution in [2.24, 2.45) is 23.7 Å². The normalized spacial score (nSPS) is 26.8. The standard InChI is InChI=1S/C46H38ClFN4O6/c47-27-7-5-26(6-8-27)46-38(43(55)52(45(46)57)49-29-11-9-28(48)10-12-29)25-37-35(41(46)34-19-20-39(53)33-4-2-1-3-32(33)34)17-18-36-40(37)44(56)51(42(36)54)31-15-13-30(14-16-31)50-21-23-58-24-22-50/h1-17,19-20,36-38,40-41,49,53H,18,21-25H2/t36-,37+,38-,40-,41-,46+/m0/s1. The van der Waals surface area contributed by atoms with Crippen molar-refractivity contribution in [2.75, 3.05) is 41.5 Å². The number of carbonyl (C=O) groups excluding carboxylic acids is 4. The molecule has 1 saturated carbocycles. The van der Waals surface area contributed by atoms with Crippen molar-refractivity contribution in [3.8, 4) is 5.75 Å². The summed E-state index contributed by atoms with van der Waals surface area (Å²) >= 11 is 6.44. The minimum atomic E-state index is -1.55. The van der Waals surface area contributed by atoms with Gasteiger partial charge in [0.2, 0.25) is 11.8 Å². The average Bonchev–Trinajstić information content (AvgIpc) is 3.63. The molecule has 0 radical (unpaired) electrons. The number of hydrazine groups is 1. The highest BCUT2D eigenvalue weighted by Gasteiger charge is 2.70. The van der Waals surface area contributed by atoms with Gasteiger partial charge in [-0.15, -0.1) is 0 Å². The van der Waals surface area contributed by atoms with E-state index in [-0.39, 0.29) is 30.4 Å². The third kappa shape index (κ3) is 5.40. The molecule has 292 valence electrons. The first-order chi connectivity index (χ1) is 28.2. The summed E-state index contributed by atoms with van der Waals surface area (Å²) in [5.74, 6) is -5.93. The number of fused-ring (bicyclic) bond motifs is 5. The van der Waals surface area contributed by atoms with Crippen molar-refractivity contribution < 1.29 is 33.4 Å². The second kappa shape index (κ2) is 13.8. The van der Waals surface area contributed by atoms with Crippen LogP contribution in [0, 0.1) is 29.5 Å². The van der Waals surface area contributed by atoms with Crippen molar-refractivity contribution in [3.05, 3.63) is 143 Å². The van der Waals surface area contributed by atoms with Gasteiger partial charge in [0, 0.05) is 35.1 Å². The highest BCUT2D eigenvalue weighted by atomic mass is 35.5. The number of hydrogen-bond acceptors (Lipinski definition) is 8. The maximum absolute atomic E-state index is 15.5. The number of carbonyl (C=O) groups is 4. The molecule has 0 unspecified atom stereocenters. The number of nitrogens with one attached hydrogen (secondary N) is 1. The van der Waals surface area contributed by atoms with Crippen LogP contribution in [-0.4, -0.2) is 60.0 Å². The van der Waals surface area contributed by atoms with E-state index in [2.05, 4.69) is 10.3 Å². The van der Waals surface area contributed by atoms with Crippen LogP contribution >= 0.6 is 11.6 Å². The molecule has 6 atom stereocenters. The molecular weight excluding hydrogens is 759 g/mol. The van der Waals surface area contributed by atoms with Crippen molar-refractivity contribution in [1.29, 1.82) is 0 Å². The highest BCUT2D eigenvalue weighted by molar-refractivity contribution is 6.30. The van der Waals surface area contributed by atoms with Gasteiger partial charge in [-0.05, 0) is 102 Å². The Morgan fingerprint density at radius 3 is 2.17 bits per heavy atom. The molecule has 2 aliphatic carbocycles. The molecule has 5 aromatic rings. The van der Waals surface area contributed by atoms with Crippen LogP contribution in [0.4, 0.5) is 21.5 Å². The van der Waals surface area contributed by atoms with Gasteiger partial charge in [0.15, 0.2) is 0 Å². The first-order valence-electron chi connectivity index (χ1n) is 19.5. The van der Waals surface area contributed by atoms with Gasteiger partial charge < -0.3 is 14.7 Å². The molecule has 10 rings (SSSR count). The minimum Gasteiger partial charge on any atom is -0.507 e. The summed E-state index contributed by atoms with van der Waals surface area (Å²) in [5.41, 5.74) is 5.28. The molecule has 4 fully saturated rings. The van der Waals surface area contributed by atoms with Gasteiger partial charge in [-0.2, -0.15) is 5.01 Å². The molecule has 12 heteroatoms. The van der Waals surface area contributed by atoms with E-state index in [1.807, 2.05) is 48.5 Å². The molecule has 2 N–H and O–H groups in total. The lowest BCUT2D eigenvalue weighted by molar-refractivity contribution is -0.138. The predicted octanol–water partition coefficient (Wildman–Crippen LogP) is 7.36. The van der Waals surface area contributed by atoms with E-state index in [9.17, 15) is 19.1 Å². The van der Waals surface area contributed by atoms with Gasteiger partial charge in [-0.25, -0.2) is 4.39 Å². The number of ether oxygens (including phenoxy) is 1. The summed E-state index contributed by atoms with van der Waals surface area (Å²) in [4.78, 5) is 63.3. The maximum Gasteiger partial charge on any atom is 0.260 e. The van der Waals surface area contributed by atoms with Gasteiger partial charge in [0.05, 0.1) is 47.8 Å². The Morgan fingerprint density at radius 1 is 0.759 bits per heavy atom. The largest absolute Gasteiger partial charge is 0.507 e. The second-order valence-corrected chi connectivity index (χ2v) is 16.2. The third-order valence-corrected chi connectivity index (χ3v) is 13.2. The Bertz CT molecular complexity index is 2540. The lowest BCUT2D eigenvalue weighted by atomic mass is 9.49. The summed E-state index contributed by atoms with van der Waals surface area (Å²) < 4.78 is 19.5. The zero-order valence-electron chi connectivity index (χ0n) is 31.2.